The summed E-state index contributed by atoms with van der Waals surface area (Å²) >= 11 is 0. The molecule has 0 heterocycles. The molecule has 6 heteroatoms. The lowest BCUT2D eigenvalue weighted by Gasteiger charge is -2.38. The molecule has 0 bridgehead atoms. The summed E-state index contributed by atoms with van der Waals surface area (Å²) in [5, 5.41) is 3.86. The van der Waals surface area contributed by atoms with Gasteiger partial charge in [-0.25, -0.2) is 0 Å². The average Bonchev–Trinajstić information content (AvgIpc) is 3.71. The van der Waals surface area contributed by atoms with Crippen LogP contribution in [0.25, 0.3) is 0 Å². The predicted octanol–water partition coefficient (Wildman–Crippen LogP) is 6.61. The van der Waals surface area contributed by atoms with E-state index in [1.807, 2.05) is 24.3 Å². The number of hydrogen-bond donors (Lipinski definition) is 1. The number of benzene rings is 2. The number of nitrogens with one attached hydrogen (secondary N) is 1. The average molecular weight is 548 g/mol. The van der Waals surface area contributed by atoms with Crippen molar-refractivity contribution in [1.82, 2.24) is 5.32 Å². The first-order chi connectivity index (χ1) is 18.5. The lowest BCUT2D eigenvalue weighted by Crippen LogP contribution is -2.34. The Morgan fingerprint density at radius 3 is 2.44 bits per heavy atom. The largest absolute Gasteiger partial charge is 0.469 e. The van der Waals surface area contributed by atoms with E-state index in [-0.39, 0.29) is 30.6 Å². The monoisotopic (exact) mass is 547 g/mol. The van der Waals surface area contributed by atoms with Gasteiger partial charge in [0, 0.05) is 37.4 Å². The molecule has 2 aliphatic carbocycles. The fourth-order valence-electron chi connectivity index (χ4n) is 4.99. The minimum Gasteiger partial charge on any atom is -0.469 e. The van der Waals surface area contributed by atoms with Crippen LogP contribution >= 0.6 is 0 Å². The molecule has 2 aromatic rings. The molecule has 39 heavy (non-hydrogen) atoms. The van der Waals surface area contributed by atoms with Crippen LogP contribution in [-0.2, 0) is 26.1 Å². The van der Waals surface area contributed by atoms with Gasteiger partial charge in [-0.15, -0.1) is 0 Å². The highest BCUT2D eigenvalue weighted by atomic mass is 28.3. The number of hydrogen-bond acceptors (Lipinski definition) is 5. The number of methoxy groups -OCH3 is 1. The van der Waals surface area contributed by atoms with Gasteiger partial charge in [0.1, 0.15) is 5.75 Å². The van der Waals surface area contributed by atoms with Crippen LogP contribution in [0.15, 0.2) is 36.4 Å². The Morgan fingerprint density at radius 1 is 1.05 bits per heavy atom. The molecule has 210 valence electrons. The lowest BCUT2D eigenvalue weighted by atomic mass is 9.70. The standard InChI is InChI=1S/C33H45NO4Si/c1-33(2)16-15-29(34-22-26-12-13-26)32-28(33)19-27(20-30(32)38-23-37-17-18-39(4,5)6)14-9-24-7-10-25(11-8-24)21-31(35)36-3/h7-8,10-11,19-20,26,29,34H,12-13,15-18,21-23H2,1-6H3. The zero-order valence-corrected chi connectivity index (χ0v) is 25.6. The summed E-state index contributed by atoms with van der Waals surface area (Å²) in [6, 6.07) is 13.5. The highest BCUT2D eigenvalue weighted by Gasteiger charge is 2.36. The van der Waals surface area contributed by atoms with Gasteiger partial charge in [-0.05, 0) is 85.0 Å². The quantitative estimate of drug-likeness (QED) is 0.113. The maximum atomic E-state index is 11.6. The Balaban J connectivity index is 1.59. The molecule has 0 aliphatic heterocycles. The van der Waals surface area contributed by atoms with E-state index in [1.165, 1.54) is 31.1 Å². The molecule has 0 amide bonds. The number of rotatable bonds is 11. The van der Waals surface area contributed by atoms with E-state index in [1.54, 1.807) is 0 Å². The first kappa shape index (κ1) is 29.4. The summed E-state index contributed by atoms with van der Waals surface area (Å²) in [6.45, 7) is 13.8. The van der Waals surface area contributed by atoms with Crippen LogP contribution in [0.1, 0.15) is 73.4 Å². The third-order valence-corrected chi connectivity index (χ3v) is 9.51. The van der Waals surface area contributed by atoms with Crippen LogP contribution in [-0.4, -0.2) is 41.1 Å². The second-order valence-corrected chi connectivity index (χ2v) is 18.6. The number of carbonyl (C=O) groups is 1. The molecular formula is C33H45NO4Si. The minimum absolute atomic E-state index is 0.0388. The summed E-state index contributed by atoms with van der Waals surface area (Å²) in [6.07, 6.45) is 5.16. The van der Waals surface area contributed by atoms with Gasteiger partial charge < -0.3 is 19.5 Å². The summed E-state index contributed by atoms with van der Waals surface area (Å²) in [5.41, 5.74) is 5.40. The van der Waals surface area contributed by atoms with Crippen molar-refractivity contribution >= 4 is 14.0 Å². The molecule has 1 unspecified atom stereocenters. The molecule has 0 aromatic heterocycles. The van der Waals surface area contributed by atoms with Crippen LogP contribution in [0, 0.1) is 17.8 Å². The van der Waals surface area contributed by atoms with Gasteiger partial charge in [0.05, 0.1) is 13.5 Å². The number of fused-ring (bicyclic) bond motifs is 1. The summed E-state index contributed by atoms with van der Waals surface area (Å²) in [4.78, 5) is 11.6. The smallest absolute Gasteiger partial charge is 0.309 e. The maximum absolute atomic E-state index is 11.6. The first-order valence-electron chi connectivity index (χ1n) is 14.3. The predicted molar refractivity (Wildman–Crippen MR) is 160 cm³/mol. The van der Waals surface area contributed by atoms with Gasteiger partial charge in [0.25, 0.3) is 0 Å². The van der Waals surface area contributed by atoms with Crippen LogP contribution in [0.5, 0.6) is 5.75 Å². The molecule has 5 nitrogen and oxygen atoms in total. The molecule has 2 aromatic carbocycles. The van der Waals surface area contributed by atoms with Crippen LogP contribution < -0.4 is 10.1 Å². The number of esters is 1. The molecule has 0 radical (unpaired) electrons. The SMILES string of the molecule is COC(=O)Cc1ccc(C#Cc2cc(OCOCC[Si](C)(C)C)c3c(c2)C(C)(C)CCC3NCC2CC2)cc1. The summed E-state index contributed by atoms with van der Waals surface area (Å²) in [7, 11) is 0.255. The molecule has 1 saturated carbocycles. The summed E-state index contributed by atoms with van der Waals surface area (Å²) in [5.74, 6) is 8.15. The van der Waals surface area contributed by atoms with Crippen molar-refractivity contribution < 1.29 is 19.0 Å². The normalized spacial score (nSPS) is 18.1. The van der Waals surface area contributed by atoms with Crippen LogP contribution in [0.4, 0.5) is 0 Å². The third kappa shape index (κ3) is 8.70. The van der Waals surface area contributed by atoms with Gasteiger partial charge in [-0.3, -0.25) is 4.79 Å². The van der Waals surface area contributed by atoms with E-state index >= 15 is 0 Å². The molecule has 4 rings (SSSR count). The van der Waals surface area contributed by atoms with Crippen LogP contribution in [0.2, 0.25) is 25.7 Å². The minimum atomic E-state index is -1.15. The van der Waals surface area contributed by atoms with Crippen molar-refractivity contribution in [2.24, 2.45) is 5.92 Å². The van der Waals surface area contributed by atoms with E-state index < -0.39 is 8.07 Å². The second-order valence-electron chi connectivity index (χ2n) is 12.9. The van der Waals surface area contributed by atoms with E-state index in [9.17, 15) is 4.79 Å². The fraction of sp³-hybridized carbons (Fsp3) is 0.545. The number of carbonyl (C=O) groups excluding carboxylic acids is 1. The van der Waals surface area contributed by atoms with Gasteiger partial charge in [-0.2, -0.15) is 0 Å². The molecule has 0 saturated heterocycles. The van der Waals surface area contributed by atoms with E-state index in [0.717, 1.165) is 60.4 Å². The Bertz CT molecular complexity index is 1200. The third-order valence-electron chi connectivity index (χ3n) is 7.80. The Morgan fingerprint density at radius 2 is 1.77 bits per heavy atom. The van der Waals surface area contributed by atoms with Crippen molar-refractivity contribution in [3.63, 3.8) is 0 Å². The van der Waals surface area contributed by atoms with Crippen molar-refractivity contribution in [2.75, 3.05) is 27.1 Å². The fourth-order valence-corrected chi connectivity index (χ4v) is 5.75. The maximum Gasteiger partial charge on any atom is 0.309 e. The summed E-state index contributed by atoms with van der Waals surface area (Å²) < 4.78 is 17.1. The first-order valence-corrected chi connectivity index (χ1v) is 18.0. The zero-order chi connectivity index (χ0) is 28.0. The highest BCUT2D eigenvalue weighted by molar-refractivity contribution is 6.76. The molecule has 1 N–H and O–H groups in total. The molecular weight excluding hydrogens is 502 g/mol. The highest BCUT2D eigenvalue weighted by Crippen LogP contribution is 2.46. The zero-order valence-electron chi connectivity index (χ0n) is 24.6. The molecule has 2 aliphatic rings. The topological polar surface area (TPSA) is 56.8 Å². The molecule has 1 atom stereocenters. The molecule has 0 spiro atoms. The van der Waals surface area contributed by atoms with Gasteiger partial charge >= 0.3 is 5.97 Å². The van der Waals surface area contributed by atoms with E-state index in [4.69, 9.17) is 14.2 Å². The van der Waals surface area contributed by atoms with Crippen molar-refractivity contribution in [3.05, 3.63) is 64.2 Å². The van der Waals surface area contributed by atoms with E-state index in [2.05, 4.69) is 62.8 Å². The van der Waals surface area contributed by atoms with Gasteiger partial charge in [0.15, 0.2) is 6.79 Å². The van der Waals surface area contributed by atoms with E-state index in [0.29, 0.717) is 0 Å². The van der Waals surface area contributed by atoms with Crippen LogP contribution in [0.3, 0.4) is 0 Å². The van der Waals surface area contributed by atoms with Crippen molar-refractivity contribution in [1.29, 1.82) is 0 Å². The van der Waals surface area contributed by atoms with Crippen molar-refractivity contribution in [2.45, 2.75) is 83.1 Å². The Labute approximate surface area is 236 Å². The molecule has 1 fully saturated rings. The lowest BCUT2D eigenvalue weighted by molar-refractivity contribution is -0.139. The Kier molecular flexibility index (Phi) is 9.59. The number of ether oxygens (including phenoxy) is 3. The van der Waals surface area contributed by atoms with Crippen molar-refractivity contribution in [3.8, 4) is 17.6 Å². The van der Waals surface area contributed by atoms with Gasteiger partial charge in [-0.1, -0.05) is 57.5 Å². The Hall–Kier alpha value is -2.59. The second kappa shape index (κ2) is 12.7. The van der Waals surface area contributed by atoms with Gasteiger partial charge in [0.2, 0.25) is 0 Å².